The minimum Gasteiger partial charge on any atom is -0.493 e. The molecule has 5 nitrogen and oxygen atoms in total. The van der Waals surface area contributed by atoms with Crippen LogP contribution in [0.5, 0.6) is 17.2 Å². The number of ether oxygens (including phenoxy) is 3. The SMILES string of the molecule is COc1cc(NC(=O)c2ccccc2F)c(C)c(OC)c1OC. The van der Waals surface area contributed by atoms with Crippen molar-refractivity contribution < 1.29 is 23.4 Å². The van der Waals surface area contributed by atoms with Crippen molar-refractivity contribution in [1.82, 2.24) is 0 Å². The highest BCUT2D eigenvalue weighted by atomic mass is 19.1. The normalized spacial score (nSPS) is 10.1. The van der Waals surface area contributed by atoms with E-state index in [-0.39, 0.29) is 5.56 Å². The van der Waals surface area contributed by atoms with Crippen molar-refractivity contribution in [2.45, 2.75) is 6.92 Å². The number of benzene rings is 2. The molecule has 0 aliphatic rings. The van der Waals surface area contributed by atoms with E-state index in [1.54, 1.807) is 19.1 Å². The second kappa shape index (κ2) is 7.00. The Labute approximate surface area is 134 Å². The highest BCUT2D eigenvalue weighted by molar-refractivity contribution is 6.05. The van der Waals surface area contributed by atoms with Crippen LogP contribution in [0.4, 0.5) is 10.1 Å². The fraction of sp³-hybridized carbons (Fsp3) is 0.235. The van der Waals surface area contributed by atoms with Gasteiger partial charge < -0.3 is 19.5 Å². The van der Waals surface area contributed by atoms with Gasteiger partial charge in [0, 0.05) is 11.6 Å². The Hall–Kier alpha value is -2.76. The van der Waals surface area contributed by atoms with Crippen LogP contribution in [0, 0.1) is 12.7 Å². The second-order valence-corrected chi connectivity index (χ2v) is 4.75. The second-order valence-electron chi connectivity index (χ2n) is 4.75. The van der Waals surface area contributed by atoms with E-state index in [9.17, 15) is 9.18 Å². The predicted molar refractivity (Wildman–Crippen MR) is 85.2 cm³/mol. The summed E-state index contributed by atoms with van der Waals surface area (Å²) in [6.45, 7) is 1.76. The number of methoxy groups -OCH3 is 3. The van der Waals surface area contributed by atoms with E-state index in [1.165, 1.54) is 39.5 Å². The number of carbonyl (C=O) groups is 1. The summed E-state index contributed by atoms with van der Waals surface area (Å²) in [4.78, 5) is 12.3. The lowest BCUT2D eigenvalue weighted by Crippen LogP contribution is -2.15. The number of amides is 1. The molecule has 1 amide bonds. The van der Waals surface area contributed by atoms with Crippen LogP contribution in [0.15, 0.2) is 30.3 Å². The molecule has 0 bridgehead atoms. The van der Waals surface area contributed by atoms with E-state index in [1.807, 2.05) is 0 Å². The number of hydrogen-bond donors (Lipinski definition) is 1. The lowest BCUT2D eigenvalue weighted by Gasteiger charge is -2.18. The molecule has 0 radical (unpaired) electrons. The molecule has 0 heterocycles. The summed E-state index contributed by atoms with van der Waals surface area (Å²) in [6.07, 6.45) is 0. The molecule has 2 rings (SSSR count). The molecule has 6 heteroatoms. The van der Waals surface area contributed by atoms with Crippen molar-refractivity contribution in [2.75, 3.05) is 26.6 Å². The number of anilines is 1. The van der Waals surface area contributed by atoms with Gasteiger partial charge in [0.25, 0.3) is 5.91 Å². The van der Waals surface area contributed by atoms with Crippen molar-refractivity contribution in [3.8, 4) is 17.2 Å². The van der Waals surface area contributed by atoms with Gasteiger partial charge in [-0.25, -0.2) is 4.39 Å². The lowest BCUT2D eigenvalue weighted by atomic mass is 10.1. The van der Waals surface area contributed by atoms with Crippen LogP contribution in [-0.2, 0) is 0 Å². The van der Waals surface area contributed by atoms with Gasteiger partial charge in [0.15, 0.2) is 11.5 Å². The Morgan fingerprint density at radius 2 is 1.70 bits per heavy atom. The van der Waals surface area contributed by atoms with E-state index in [0.717, 1.165) is 0 Å². The first-order chi connectivity index (χ1) is 11.0. The van der Waals surface area contributed by atoms with Crippen LogP contribution >= 0.6 is 0 Å². The van der Waals surface area contributed by atoms with Crippen LogP contribution < -0.4 is 19.5 Å². The lowest BCUT2D eigenvalue weighted by molar-refractivity contribution is 0.102. The molecule has 0 aliphatic carbocycles. The van der Waals surface area contributed by atoms with Gasteiger partial charge in [0.05, 0.1) is 32.6 Å². The van der Waals surface area contributed by atoms with Crippen LogP contribution in [0.25, 0.3) is 0 Å². The zero-order valence-electron chi connectivity index (χ0n) is 13.4. The monoisotopic (exact) mass is 319 g/mol. The Bertz CT molecular complexity index is 731. The van der Waals surface area contributed by atoms with Gasteiger partial charge in [0.1, 0.15) is 5.82 Å². The maximum atomic E-state index is 13.7. The van der Waals surface area contributed by atoms with Crippen molar-refractivity contribution in [1.29, 1.82) is 0 Å². The number of halogens is 1. The Morgan fingerprint density at radius 1 is 1.04 bits per heavy atom. The van der Waals surface area contributed by atoms with E-state index in [2.05, 4.69) is 5.32 Å². The van der Waals surface area contributed by atoms with Crippen LogP contribution in [0.1, 0.15) is 15.9 Å². The van der Waals surface area contributed by atoms with E-state index < -0.39 is 11.7 Å². The third-order valence-electron chi connectivity index (χ3n) is 3.44. The molecule has 2 aromatic rings. The van der Waals surface area contributed by atoms with Crippen molar-refractivity contribution in [3.05, 3.63) is 47.3 Å². The third kappa shape index (κ3) is 3.21. The van der Waals surface area contributed by atoms with Crippen LogP contribution in [0.2, 0.25) is 0 Å². The predicted octanol–water partition coefficient (Wildman–Crippen LogP) is 3.41. The first-order valence-corrected chi connectivity index (χ1v) is 6.88. The van der Waals surface area contributed by atoms with Gasteiger partial charge in [-0.3, -0.25) is 4.79 Å². The number of rotatable bonds is 5. The van der Waals surface area contributed by atoms with Gasteiger partial charge in [-0.2, -0.15) is 0 Å². The quantitative estimate of drug-likeness (QED) is 0.917. The summed E-state index contributed by atoms with van der Waals surface area (Å²) in [5.74, 6) is 0.126. The van der Waals surface area contributed by atoms with Gasteiger partial charge in [0.2, 0.25) is 5.75 Å². The summed E-state index contributed by atoms with van der Waals surface area (Å²) >= 11 is 0. The molecule has 0 aliphatic heterocycles. The maximum Gasteiger partial charge on any atom is 0.258 e. The van der Waals surface area contributed by atoms with Crippen molar-refractivity contribution in [2.24, 2.45) is 0 Å². The molecule has 1 N–H and O–H groups in total. The topological polar surface area (TPSA) is 56.8 Å². The summed E-state index contributed by atoms with van der Waals surface area (Å²) in [5, 5.41) is 2.67. The molecule has 122 valence electrons. The Morgan fingerprint density at radius 3 is 2.26 bits per heavy atom. The zero-order valence-corrected chi connectivity index (χ0v) is 13.4. The summed E-state index contributed by atoms with van der Waals surface area (Å²) in [7, 11) is 4.47. The van der Waals surface area contributed by atoms with Gasteiger partial charge >= 0.3 is 0 Å². The van der Waals surface area contributed by atoms with Gasteiger partial charge in [-0.15, -0.1) is 0 Å². The average molecular weight is 319 g/mol. The first kappa shape index (κ1) is 16.6. The molecule has 0 aromatic heterocycles. The number of nitrogens with one attached hydrogen (secondary N) is 1. The molecule has 0 fully saturated rings. The average Bonchev–Trinajstić information content (AvgIpc) is 2.56. The number of carbonyl (C=O) groups excluding carboxylic acids is 1. The van der Waals surface area contributed by atoms with Crippen LogP contribution in [0.3, 0.4) is 0 Å². The Balaban J connectivity index is 2.44. The molecule has 0 saturated carbocycles. The minimum atomic E-state index is -0.588. The highest BCUT2D eigenvalue weighted by Gasteiger charge is 2.20. The summed E-state index contributed by atoms with van der Waals surface area (Å²) < 4.78 is 29.6. The third-order valence-corrected chi connectivity index (χ3v) is 3.44. The van der Waals surface area contributed by atoms with Crippen molar-refractivity contribution >= 4 is 11.6 Å². The molecular formula is C17H18FNO4. The zero-order chi connectivity index (χ0) is 17.0. The van der Waals surface area contributed by atoms with Crippen LogP contribution in [-0.4, -0.2) is 27.2 Å². The minimum absolute atomic E-state index is 0.0411. The molecule has 23 heavy (non-hydrogen) atoms. The van der Waals surface area contributed by atoms with Crippen molar-refractivity contribution in [3.63, 3.8) is 0 Å². The molecule has 0 unspecified atom stereocenters. The van der Waals surface area contributed by atoms with E-state index in [0.29, 0.717) is 28.5 Å². The van der Waals surface area contributed by atoms with E-state index in [4.69, 9.17) is 14.2 Å². The molecule has 0 spiro atoms. The van der Waals surface area contributed by atoms with Gasteiger partial charge in [-0.1, -0.05) is 12.1 Å². The summed E-state index contributed by atoms with van der Waals surface area (Å²) in [6, 6.07) is 7.38. The first-order valence-electron chi connectivity index (χ1n) is 6.88. The molecule has 2 aromatic carbocycles. The molecule has 0 atom stereocenters. The summed E-state index contributed by atoms with van der Waals surface area (Å²) in [5.41, 5.74) is 1.06. The fourth-order valence-electron chi connectivity index (χ4n) is 2.26. The maximum absolute atomic E-state index is 13.7. The fourth-order valence-corrected chi connectivity index (χ4v) is 2.26. The van der Waals surface area contributed by atoms with Gasteiger partial charge in [-0.05, 0) is 19.1 Å². The highest BCUT2D eigenvalue weighted by Crippen LogP contribution is 2.43. The largest absolute Gasteiger partial charge is 0.493 e. The molecule has 0 saturated heterocycles. The Kier molecular flexibility index (Phi) is 5.05. The van der Waals surface area contributed by atoms with E-state index >= 15 is 0 Å². The standard InChI is InChI=1S/C17H18FNO4/c1-10-13(9-14(21-2)16(23-4)15(10)22-3)19-17(20)11-7-5-6-8-12(11)18/h5-9H,1-4H3,(H,19,20). The number of hydrogen-bond acceptors (Lipinski definition) is 4. The molecular weight excluding hydrogens is 301 g/mol. The smallest absolute Gasteiger partial charge is 0.258 e.